The molecule has 19 heavy (non-hydrogen) atoms. The summed E-state index contributed by atoms with van der Waals surface area (Å²) in [5.74, 6) is 0.741. The van der Waals surface area contributed by atoms with Crippen LogP contribution in [0.25, 0.3) is 0 Å². The van der Waals surface area contributed by atoms with Gasteiger partial charge in [0, 0.05) is 13.1 Å². The number of halogens is 2. The lowest BCUT2D eigenvalue weighted by Gasteiger charge is -2.28. The molecule has 0 aromatic heterocycles. The van der Waals surface area contributed by atoms with Crippen molar-refractivity contribution >= 4 is 24.0 Å². The predicted molar refractivity (Wildman–Crippen MR) is 84.5 cm³/mol. The zero-order valence-electron chi connectivity index (χ0n) is 11.9. The largest absolute Gasteiger partial charge is 0.491 e. The average Bonchev–Trinajstić information content (AvgIpc) is 2.31. The quantitative estimate of drug-likeness (QED) is 0.841. The molecule has 0 fully saturated rings. The number of likely N-dealkylation sites (N-methyl/N-ethyl adjacent to an activating group) is 1. The standard InChI is InChI=1S/C14H23ClN2O.ClH/c1-14(2,10-16)11-17(3)8-9-18-13-7-5-4-6-12(13)15;/h4-7H,8-11,16H2,1-3H3;1H. The van der Waals surface area contributed by atoms with Crippen LogP contribution in [0, 0.1) is 5.41 Å². The zero-order chi connectivity index (χ0) is 13.6. The van der Waals surface area contributed by atoms with E-state index in [1.807, 2.05) is 24.3 Å². The van der Waals surface area contributed by atoms with Crippen LogP contribution < -0.4 is 10.5 Å². The maximum atomic E-state index is 6.01. The molecule has 2 N–H and O–H groups in total. The smallest absolute Gasteiger partial charge is 0.137 e. The van der Waals surface area contributed by atoms with Crippen LogP contribution in [0.15, 0.2) is 24.3 Å². The number of nitrogens with zero attached hydrogens (tertiary/aromatic N) is 1. The summed E-state index contributed by atoms with van der Waals surface area (Å²) in [6, 6.07) is 7.53. The summed E-state index contributed by atoms with van der Waals surface area (Å²) in [4.78, 5) is 2.23. The van der Waals surface area contributed by atoms with E-state index in [4.69, 9.17) is 22.1 Å². The van der Waals surface area contributed by atoms with Crippen molar-refractivity contribution in [1.82, 2.24) is 4.90 Å². The molecule has 5 heteroatoms. The van der Waals surface area contributed by atoms with Gasteiger partial charge in [0.15, 0.2) is 0 Å². The molecule has 0 spiro atoms. The zero-order valence-corrected chi connectivity index (χ0v) is 13.4. The summed E-state index contributed by atoms with van der Waals surface area (Å²) in [5.41, 5.74) is 5.86. The Bertz CT molecular complexity index is 372. The van der Waals surface area contributed by atoms with Crippen LogP contribution in [0.3, 0.4) is 0 Å². The summed E-state index contributed by atoms with van der Waals surface area (Å²) in [6.07, 6.45) is 0. The van der Waals surface area contributed by atoms with Crippen LogP contribution in [-0.4, -0.2) is 38.2 Å². The molecule has 0 aliphatic rings. The summed E-state index contributed by atoms with van der Waals surface area (Å²) in [6.45, 7) is 7.45. The first kappa shape index (κ1) is 18.5. The SMILES string of the molecule is CN(CCOc1ccccc1Cl)CC(C)(C)CN.Cl. The molecule has 3 nitrogen and oxygen atoms in total. The highest BCUT2D eigenvalue weighted by Gasteiger charge is 2.17. The van der Waals surface area contributed by atoms with Crippen molar-refractivity contribution in [3.05, 3.63) is 29.3 Å². The number of benzene rings is 1. The lowest BCUT2D eigenvalue weighted by Crippen LogP contribution is -2.38. The first-order valence-corrected chi connectivity index (χ1v) is 6.58. The van der Waals surface area contributed by atoms with Crippen LogP contribution in [0.1, 0.15) is 13.8 Å². The Morgan fingerprint density at radius 3 is 2.53 bits per heavy atom. The molecular formula is C14H24Cl2N2O. The van der Waals surface area contributed by atoms with Crippen molar-refractivity contribution in [2.45, 2.75) is 13.8 Å². The van der Waals surface area contributed by atoms with E-state index in [1.54, 1.807) is 0 Å². The molecule has 0 amide bonds. The van der Waals surface area contributed by atoms with Gasteiger partial charge in [-0.2, -0.15) is 0 Å². The fourth-order valence-electron chi connectivity index (χ4n) is 1.75. The Kier molecular flexibility index (Phi) is 8.42. The highest BCUT2D eigenvalue weighted by atomic mass is 35.5. The number of rotatable bonds is 7. The van der Waals surface area contributed by atoms with E-state index in [-0.39, 0.29) is 17.8 Å². The van der Waals surface area contributed by atoms with Gasteiger partial charge in [-0.3, -0.25) is 0 Å². The summed E-state index contributed by atoms with van der Waals surface area (Å²) < 4.78 is 5.65. The van der Waals surface area contributed by atoms with E-state index in [0.717, 1.165) is 18.8 Å². The Labute approximate surface area is 127 Å². The molecule has 1 aromatic rings. The topological polar surface area (TPSA) is 38.5 Å². The highest BCUT2D eigenvalue weighted by molar-refractivity contribution is 6.32. The third-order valence-corrected chi connectivity index (χ3v) is 3.13. The van der Waals surface area contributed by atoms with Crippen molar-refractivity contribution in [3.63, 3.8) is 0 Å². The number of ether oxygens (including phenoxy) is 1. The van der Waals surface area contributed by atoms with Crippen LogP contribution >= 0.6 is 24.0 Å². The van der Waals surface area contributed by atoms with E-state index in [2.05, 4.69) is 25.8 Å². The summed E-state index contributed by atoms with van der Waals surface area (Å²) in [7, 11) is 2.08. The van der Waals surface area contributed by atoms with Crippen LogP contribution in [0.5, 0.6) is 5.75 Å². The van der Waals surface area contributed by atoms with Crippen molar-refractivity contribution in [1.29, 1.82) is 0 Å². The van der Waals surface area contributed by atoms with E-state index < -0.39 is 0 Å². The second-order valence-electron chi connectivity index (χ2n) is 5.39. The molecule has 0 saturated heterocycles. The fraction of sp³-hybridized carbons (Fsp3) is 0.571. The highest BCUT2D eigenvalue weighted by Crippen LogP contribution is 2.23. The molecule has 0 aliphatic heterocycles. The van der Waals surface area contributed by atoms with Gasteiger partial charge in [-0.05, 0) is 31.1 Å². The first-order valence-electron chi connectivity index (χ1n) is 6.20. The molecule has 0 atom stereocenters. The second-order valence-corrected chi connectivity index (χ2v) is 5.79. The maximum Gasteiger partial charge on any atom is 0.137 e. The van der Waals surface area contributed by atoms with E-state index in [9.17, 15) is 0 Å². The Balaban J connectivity index is 0.00000324. The number of hydrogen-bond donors (Lipinski definition) is 1. The normalized spacial score (nSPS) is 11.3. The minimum absolute atomic E-state index is 0. The van der Waals surface area contributed by atoms with Gasteiger partial charge in [-0.25, -0.2) is 0 Å². The Morgan fingerprint density at radius 1 is 1.32 bits per heavy atom. The molecule has 0 heterocycles. The molecule has 1 aromatic carbocycles. The number of nitrogens with two attached hydrogens (primary N) is 1. The van der Waals surface area contributed by atoms with Gasteiger partial charge in [0.1, 0.15) is 12.4 Å². The van der Waals surface area contributed by atoms with E-state index >= 15 is 0 Å². The summed E-state index contributed by atoms with van der Waals surface area (Å²) in [5, 5.41) is 0.655. The first-order chi connectivity index (χ1) is 8.44. The van der Waals surface area contributed by atoms with Crippen molar-refractivity contribution < 1.29 is 4.74 Å². The van der Waals surface area contributed by atoms with E-state index in [0.29, 0.717) is 18.2 Å². The minimum Gasteiger partial charge on any atom is -0.491 e. The van der Waals surface area contributed by atoms with Gasteiger partial charge < -0.3 is 15.4 Å². The molecule has 1 rings (SSSR count). The lowest BCUT2D eigenvalue weighted by molar-refractivity contribution is 0.181. The third-order valence-electron chi connectivity index (χ3n) is 2.82. The van der Waals surface area contributed by atoms with Gasteiger partial charge in [-0.1, -0.05) is 37.6 Å². The monoisotopic (exact) mass is 306 g/mol. The molecule has 0 aliphatic carbocycles. The molecule has 0 bridgehead atoms. The van der Waals surface area contributed by atoms with Gasteiger partial charge >= 0.3 is 0 Å². The summed E-state index contributed by atoms with van der Waals surface area (Å²) >= 11 is 6.01. The predicted octanol–water partition coefficient (Wildman–Crippen LogP) is 3.06. The van der Waals surface area contributed by atoms with Crippen LogP contribution in [0.4, 0.5) is 0 Å². The molecular weight excluding hydrogens is 283 g/mol. The molecule has 0 radical (unpaired) electrons. The van der Waals surface area contributed by atoms with Gasteiger partial charge in [-0.15, -0.1) is 12.4 Å². The van der Waals surface area contributed by atoms with Crippen molar-refractivity contribution in [3.8, 4) is 5.75 Å². The van der Waals surface area contributed by atoms with E-state index in [1.165, 1.54) is 0 Å². The van der Waals surface area contributed by atoms with Gasteiger partial charge in [0.2, 0.25) is 0 Å². The lowest BCUT2D eigenvalue weighted by atomic mass is 9.93. The second kappa shape index (κ2) is 8.64. The Hall–Kier alpha value is -0.480. The third kappa shape index (κ3) is 7.02. The van der Waals surface area contributed by atoms with Crippen molar-refractivity contribution in [2.75, 3.05) is 33.3 Å². The number of para-hydroxylation sites is 1. The molecule has 0 saturated carbocycles. The van der Waals surface area contributed by atoms with Crippen molar-refractivity contribution in [2.24, 2.45) is 11.1 Å². The average molecular weight is 307 g/mol. The van der Waals surface area contributed by atoms with Crippen LogP contribution in [-0.2, 0) is 0 Å². The molecule has 0 unspecified atom stereocenters. The number of hydrogen-bond acceptors (Lipinski definition) is 3. The van der Waals surface area contributed by atoms with Gasteiger partial charge in [0.25, 0.3) is 0 Å². The Morgan fingerprint density at radius 2 is 1.95 bits per heavy atom. The minimum atomic E-state index is 0. The van der Waals surface area contributed by atoms with Gasteiger partial charge in [0.05, 0.1) is 5.02 Å². The molecule has 110 valence electrons. The van der Waals surface area contributed by atoms with Crippen LogP contribution in [0.2, 0.25) is 5.02 Å². The fourth-order valence-corrected chi connectivity index (χ4v) is 1.94. The maximum absolute atomic E-state index is 6.01.